The molecule has 0 fully saturated rings. The van der Waals surface area contributed by atoms with Gasteiger partial charge in [0.05, 0.1) is 6.26 Å². The van der Waals surface area contributed by atoms with Gasteiger partial charge in [0.1, 0.15) is 12.4 Å². The lowest BCUT2D eigenvalue weighted by Gasteiger charge is -2.25. The van der Waals surface area contributed by atoms with Crippen LogP contribution in [0.2, 0.25) is 0 Å². The maximum Gasteiger partial charge on any atom is 0.264 e. The normalized spacial score (nSPS) is 15.6. The van der Waals surface area contributed by atoms with E-state index in [1.807, 2.05) is 36.4 Å². The number of hydrogen-bond acceptors (Lipinski definition) is 5. The highest BCUT2D eigenvalue weighted by Gasteiger charge is 2.26. The Morgan fingerprint density at radius 1 is 1.16 bits per heavy atom. The average Bonchev–Trinajstić information content (AvgIpc) is 3.21. The van der Waals surface area contributed by atoms with Gasteiger partial charge in [-0.05, 0) is 35.9 Å². The van der Waals surface area contributed by atoms with Crippen LogP contribution in [0.1, 0.15) is 5.56 Å². The predicted molar refractivity (Wildman–Crippen MR) is 90.1 cm³/mol. The van der Waals surface area contributed by atoms with Crippen LogP contribution in [0.5, 0.6) is 11.5 Å². The number of para-hydroxylation sites is 2. The number of furan rings is 1. The number of rotatable bonds is 4. The highest BCUT2D eigenvalue weighted by atomic mass is 16.6. The Morgan fingerprint density at radius 3 is 2.88 bits per heavy atom. The summed E-state index contributed by atoms with van der Waals surface area (Å²) in [6.07, 6.45) is 4.37. The van der Waals surface area contributed by atoms with Gasteiger partial charge in [-0.3, -0.25) is 9.78 Å². The van der Waals surface area contributed by atoms with E-state index in [1.54, 1.807) is 24.7 Å². The van der Waals surface area contributed by atoms with Crippen molar-refractivity contribution in [3.8, 4) is 22.8 Å². The van der Waals surface area contributed by atoms with Crippen molar-refractivity contribution in [3.05, 3.63) is 66.7 Å². The monoisotopic (exact) mass is 336 g/mol. The molecule has 0 radical (unpaired) electrons. The third kappa shape index (κ3) is 3.33. The van der Waals surface area contributed by atoms with Crippen LogP contribution >= 0.6 is 0 Å². The number of nitrogens with zero attached hydrogens (tertiary/aromatic N) is 1. The first kappa shape index (κ1) is 15.3. The number of carbonyl (C=O) groups is 1. The van der Waals surface area contributed by atoms with Crippen molar-refractivity contribution in [1.82, 2.24) is 10.3 Å². The first-order valence-electron chi connectivity index (χ1n) is 7.93. The number of fused-ring (bicyclic) bond motifs is 1. The Bertz CT molecular complexity index is 877. The summed E-state index contributed by atoms with van der Waals surface area (Å²) < 4.78 is 16.6. The second-order valence-electron chi connectivity index (χ2n) is 5.64. The van der Waals surface area contributed by atoms with Crippen molar-refractivity contribution in [2.24, 2.45) is 0 Å². The topological polar surface area (TPSA) is 73.6 Å². The highest BCUT2D eigenvalue weighted by Crippen LogP contribution is 2.30. The molecule has 0 aliphatic carbocycles. The lowest BCUT2D eigenvalue weighted by molar-refractivity contribution is -0.130. The van der Waals surface area contributed by atoms with Crippen LogP contribution in [0.25, 0.3) is 11.3 Å². The lowest BCUT2D eigenvalue weighted by atomic mass is 10.1. The predicted octanol–water partition coefficient (Wildman–Crippen LogP) is 2.80. The van der Waals surface area contributed by atoms with Gasteiger partial charge in [-0.25, -0.2) is 0 Å². The summed E-state index contributed by atoms with van der Waals surface area (Å²) in [5.74, 6) is 1.75. The number of aromatic nitrogens is 1. The molecule has 3 heterocycles. The molecule has 1 aliphatic heterocycles. The summed E-state index contributed by atoms with van der Waals surface area (Å²) in [4.78, 5) is 16.5. The molecule has 1 amide bonds. The van der Waals surface area contributed by atoms with Gasteiger partial charge in [0.25, 0.3) is 5.91 Å². The molecule has 1 aromatic carbocycles. The molecule has 0 saturated carbocycles. The van der Waals surface area contributed by atoms with Crippen LogP contribution < -0.4 is 14.8 Å². The van der Waals surface area contributed by atoms with E-state index in [-0.39, 0.29) is 12.5 Å². The van der Waals surface area contributed by atoms with Gasteiger partial charge in [0.15, 0.2) is 11.5 Å². The van der Waals surface area contributed by atoms with Gasteiger partial charge in [0, 0.05) is 24.5 Å². The molecule has 1 aliphatic rings. The number of carbonyl (C=O) groups excluding carboxylic acids is 1. The fourth-order valence-electron chi connectivity index (χ4n) is 2.61. The first-order chi connectivity index (χ1) is 12.3. The summed E-state index contributed by atoms with van der Waals surface area (Å²) in [7, 11) is 0. The van der Waals surface area contributed by atoms with Crippen LogP contribution in [0.4, 0.5) is 0 Å². The summed E-state index contributed by atoms with van der Waals surface area (Å²) in [5, 5.41) is 2.86. The van der Waals surface area contributed by atoms with Gasteiger partial charge >= 0.3 is 0 Å². The average molecular weight is 336 g/mol. The Kier molecular flexibility index (Phi) is 4.08. The zero-order chi connectivity index (χ0) is 17.1. The Hall–Kier alpha value is -3.28. The number of amides is 1. The molecule has 1 atom stereocenters. The van der Waals surface area contributed by atoms with E-state index in [2.05, 4.69) is 10.3 Å². The molecular formula is C19H16N2O4. The minimum Gasteiger partial charge on any atom is -0.485 e. The van der Waals surface area contributed by atoms with Crippen LogP contribution in [-0.2, 0) is 11.3 Å². The molecule has 0 unspecified atom stereocenters. The Balaban J connectivity index is 1.39. The molecule has 0 saturated heterocycles. The van der Waals surface area contributed by atoms with Gasteiger partial charge in [-0.2, -0.15) is 0 Å². The van der Waals surface area contributed by atoms with Gasteiger partial charge in [-0.1, -0.05) is 12.1 Å². The maximum absolute atomic E-state index is 12.3. The van der Waals surface area contributed by atoms with Gasteiger partial charge in [-0.15, -0.1) is 0 Å². The van der Waals surface area contributed by atoms with Crippen LogP contribution in [-0.4, -0.2) is 23.6 Å². The third-order valence-corrected chi connectivity index (χ3v) is 3.87. The minimum atomic E-state index is -0.670. The van der Waals surface area contributed by atoms with Crippen LogP contribution in [0.15, 0.2) is 65.5 Å². The zero-order valence-corrected chi connectivity index (χ0v) is 13.3. The number of nitrogens with one attached hydrogen (secondary N) is 1. The summed E-state index contributed by atoms with van der Waals surface area (Å²) >= 11 is 0. The zero-order valence-electron chi connectivity index (χ0n) is 13.3. The Morgan fingerprint density at radius 2 is 2.04 bits per heavy atom. The van der Waals surface area contributed by atoms with Gasteiger partial charge < -0.3 is 19.2 Å². The fourth-order valence-corrected chi connectivity index (χ4v) is 2.61. The molecule has 2 aromatic heterocycles. The van der Waals surface area contributed by atoms with E-state index in [0.717, 1.165) is 16.9 Å². The van der Waals surface area contributed by atoms with Crippen molar-refractivity contribution in [1.29, 1.82) is 0 Å². The molecule has 126 valence electrons. The summed E-state index contributed by atoms with van der Waals surface area (Å²) in [6.45, 7) is 0.537. The number of hydrogen-bond donors (Lipinski definition) is 1. The third-order valence-electron chi connectivity index (χ3n) is 3.87. The molecule has 3 aromatic rings. The van der Waals surface area contributed by atoms with E-state index in [9.17, 15) is 4.79 Å². The van der Waals surface area contributed by atoms with E-state index in [0.29, 0.717) is 18.0 Å². The van der Waals surface area contributed by atoms with E-state index >= 15 is 0 Å². The quantitative estimate of drug-likeness (QED) is 0.793. The SMILES string of the molecule is O=C(NCc1cncc(-c2ccco2)c1)[C@H]1COc2ccccc2O1. The van der Waals surface area contributed by atoms with Crippen molar-refractivity contribution < 1.29 is 18.7 Å². The van der Waals surface area contributed by atoms with E-state index in [4.69, 9.17) is 13.9 Å². The van der Waals surface area contributed by atoms with Crippen molar-refractivity contribution in [3.63, 3.8) is 0 Å². The molecule has 6 heteroatoms. The number of benzene rings is 1. The van der Waals surface area contributed by atoms with Crippen molar-refractivity contribution in [2.45, 2.75) is 12.6 Å². The second kappa shape index (κ2) is 6.68. The highest BCUT2D eigenvalue weighted by molar-refractivity contribution is 5.81. The second-order valence-corrected chi connectivity index (χ2v) is 5.64. The smallest absolute Gasteiger partial charge is 0.264 e. The largest absolute Gasteiger partial charge is 0.485 e. The first-order valence-corrected chi connectivity index (χ1v) is 7.93. The molecule has 4 rings (SSSR count). The van der Waals surface area contributed by atoms with Crippen molar-refractivity contribution in [2.75, 3.05) is 6.61 Å². The Labute approximate surface area is 144 Å². The number of pyridine rings is 1. The summed E-state index contributed by atoms with van der Waals surface area (Å²) in [6, 6.07) is 12.9. The molecule has 0 spiro atoms. The molecule has 0 bridgehead atoms. The molecule has 1 N–H and O–H groups in total. The van der Waals surface area contributed by atoms with E-state index in [1.165, 1.54) is 0 Å². The maximum atomic E-state index is 12.3. The molecule has 6 nitrogen and oxygen atoms in total. The van der Waals surface area contributed by atoms with E-state index < -0.39 is 6.10 Å². The number of ether oxygens (including phenoxy) is 2. The molecular weight excluding hydrogens is 320 g/mol. The fraction of sp³-hybridized carbons (Fsp3) is 0.158. The van der Waals surface area contributed by atoms with Crippen LogP contribution in [0, 0.1) is 0 Å². The van der Waals surface area contributed by atoms with Crippen molar-refractivity contribution >= 4 is 5.91 Å². The standard InChI is InChI=1S/C19H16N2O4/c22-19(18-12-24-16-4-1-2-5-17(16)25-18)21-10-13-8-14(11-20-9-13)15-6-3-7-23-15/h1-9,11,18H,10,12H2,(H,21,22)/t18-/m1/s1. The van der Waals surface area contributed by atoms with Crippen LogP contribution in [0.3, 0.4) is 0 Å². The minimum absolute atomic E-state index is 0.188. The summed E-state index contributed by atoms with van der Waals surface area (Å²) in [5.41, 5.74) is 1.74. The lowest BCUT2D eigenvalue weighted by Crippen LogP contribution is -2.43. The molecule has 25 heavy (non-hydrogen) atoms. The van der Waals surface area contributed by atoms with Gasteiger partial charge in [0.2, 0.25) is 6.10 Å².